The predicted octanol–water partition coefficient (Wildman–Crippen LogP) is 1.69. The van der Waals surface area contributed by atoms with E-state index in [1.807, 2.05) is 13.0 Å². The molecule has 1 aliphatic heterocycles. The molecule has 0 aromatic carbocycles. The maximum atomic E-state index is 12.5. The lowest BCUT2D eigenvalue weighted by molar-refractivity contribution is -0.126. The average molecular weight is 373 g/mol. The van der Waals surface area contributed by atoms with Gasteiger partial charge in [0.2, 0.25) is 11.8 Å². The van der Waals surface area contributed by atoms with Gasteiger partial charge in [-0.2, -0.15) is 0 Å². The van der Waals surface area contributed by atoms with E-state index < -0.39 is 12.0 Å². The molecule has 0 radical (unpaired) electrons. The third kappa shape index (κ3) is 6.20. The minimum Gasteiger partial charge on any atom is -0.356 e. The van der Waals surface area contributed by atoms with E-state index in [0.29, 0.717) is 25.1 Å². The molecular weight excluding hydrogens is 346 g/mol. The summed E-state index contributed by atoms with van der Waals surface area (Å²) in [6, 6.07) is 3.09. The molecule has 7 nitrogen and oxygen atoms in total. The van der Waals surface area contributed by atoms with Gasteiger partial charge >= 0.3 is 0 Å². The zero-order valence-electron chi connectivity index (χ0n) is 16.0. The number of aromatic amines is 1. The third-order valence-electron chi connectivity index (χ3n) is 4.66. The number of hydrogen-bond donors (Lipinski definition) is 3. The Morgan fingerprint density at radius 2 is 2.07 bits per heavy atom. The molecule has 0 saturated carbocycles. The Hall–Kier alpha value is -2.70. The summed E-state index contributed by atoms with van der Waals surface area (Å²) in [5, 5.41) is 5.63. The van der Waals surface area contributed by atoms with Crippen LogP contribution in [0.1, 0.15) is 49.3 Å². The number of hydrogen-bond acceptors (Lipinski definition) is 4. The Morgan fingerprint density at radius 1 is 1.33 bits per heavy atom. The molecule has 1 fully saturated rings. The summed E-state index contributed by atoms with van der Waals surface area (Å²) >= 11 is 0. The zero-order chi connectivity index (χ0) is 20.0. The summed E-state index contributed by atoms with van der Waals surface area (Å²) in [6.45, 7) is 5.60. The monoisotopic (exact) mass is 373 g/mol. The quantitative estimate of drug-likeness (QED) is 0.452. The Balaban J connectivity index is 1.97. The van der Waals surface area contributed by atoms with Crippen LogP contribution in [-0.2, 0) is 14.4 Å². The number of amides is 2. The van der Waals surface area contributed by atoms with E-state index in [9.17, 15) is 19.2 Å². The van der Waals surface area contributed by atoms with Crippen molar-refractivity contribution in [2.24, 2.45) is 11.8 Å². The fourth-order valence-corrected chi connectivity index (χ4v) is 3.09. The fraction of sp³-hybridized carbons (Fsp3) is 0.500. The van der Waals surface area contributed by atoms with Gasteiger partial charge in [0.05, 0.1) is 5.69 Å². The molecule has 7 heteroatoms. The largest absolute Gasteiger partial charge is 0.356 e. The molecule has 1 aromatic rings. The van der Waals surface area contributed by atoms with E-state index in [0.717, 1.165) is 5.69 Å². The maximum Gasteiger partial charge on any atom is 0.223 e. The van der Waals surface area contributed by atoms with Crippen LogP contribution in [0, 0.1) is 18.8 Å². The first-order chi connectivity index (χ1) is 12.8. The van der Waals surface area contributed by atoms with Crippen molar-refractivity contribution in [1.29, 1.82) is 0 Å². The molecule has 1 aromatic heterocycles. The Morgan fingerprint density at radius 3 is 2.63 bits per heavy atom. The number of ketones is 2. The van der Waals surface area contributed by atoms with Gasteiger partial charge in [0.1, 0.15) is 0 Å². The molecule has 0 spiro atoms. The lowest BCUT2D eigenvalue weighted by atomic mass is 9.96. The lowest BCUT2D eigenvalue weighted by Crippen LogP contribution is -2.39. The summed E-state index contributed by atoms with van der Waals surface area (Å²) in [6.07, 6.45) is 4.24. The summed E-state index contributed by atoms with van der Waals surface area (Å²) in [4.78, 5) is 50.8. The van der Waals surface area contributed by atoms with Crippen molar-refractivity contribution in [2.75, 3.05) is 6.54 Å². The minimum absolute atomic E-state index is 0.0317. The van der Waals surface area contributed by atoms with Crippen molar-refractivity contribution in [3.8, 4) is 0 Å². The molecule has 3 N–H and O–H groups in total. The van der Waals surface area contributed by atoms with Crippen LogP contribution in [-0.4, -0.2) is 41.0 Å². The zero-order valence-corrected chi connectivity index (χ0v) is 16.0. The minimum atomic E-state index is -0.522. The van der Waals surface area contributed by atoms with Crippen molar-refractivity contribution in [3.05, 3.63) is 35.7 Å². The van der Waals surface area contributed by atoms with Crippen LogP contribution in [0.3, 0.4) is 0 Å². The number of nitrogens with one attached hydrogen (secondary N) is 3. The van der Waals surface area contributed by atoms with E-state index in [1.54, 1.807) is 19.1 Å². The van der Waals surface area contributed by atoms with Crippen molar-refractivity contribution in [1.82, 2.24) is 15.6 Å². The number of carbonyl (C=O) groups excluding carboxylic acids is 4. The molecular formula is C20H27N3O4. The Bertz CT molecular complexity index is 750. The molecule has 2 rings (SSSR count). The summed E-state index contributed by atoms with van der Waals surface area (Å²) in [7, 11) is 0. The van der Waals surface area contributed by atoms with Crippen molar-refractivity contribution >= 4 is 23.4 Å². The van der Waals surface area contributed by atoms with Gasteiger partial charge in [0, 0.05) is 36.5 Å². The summed E-state index contributed by atoms with van der Waals surface area (Å²) in [5.74, 6) is -1.27. The average Bonchev–Trinajstić information content (AvgIpc) is 3.21. The summed E-state index contributed by atoms with van der Waals surface area (Å²) < 4.78 is 0. The first kappa shape index (κ1) is 20.6. The van der Waals surface area contributed by atoms with Crippen LogP contribution < -0.4 is 10.6 Å². The highest BCUT2D eigenvalue weighted by Gasteiger charge is 2.28. The lowest BCUT2D eigenvalue weighted by Gasteiger charge is -2.20. The van der Waals surface area contributed by atoms with Gasteiger partial charge in [0.25, 0.3) is 0 Å². The molecule has 27 heavy (non-hydrogen) atoms. The first-order valence-electron chi connectivity index (χ1n) is 9.22. The smallest absolute Gasteiger partial charge is 0.223 e. The van der Waals surface area contributed by atoms with E-state index in [4.69, 9.17) is 0 Å². The maximum absolute atomic E-state index is 12.5. The highest BCUT2D eigenvalue weighted by Crippen LogP contribution is 2.18. The standard InChI is InChI=1S/C20H27N3O4/c1-12(10-18(25)17-7-4-13(2)22-17)19(26)23-16(6-5-14(3)24)11-15-8-9-21-20(15)27/h4-7,12,15-16,22H,8-11H2,1-3H3,(H,21,27)(H,23,26)/b6-5+/t12?,15-,16+/m0/s1. The van der Waals surface area contributed by atoms with Crippen molar-refractivity contribution in [3.63, 3.8) is 0 Å². The molecule has 1 aliphatic rings. The number of aryl methyl sites for hydroxylation is 1. The Labute approximate surface area is 159 Å². The van der Waals surface area contributed by atoms with Crippen molar-refractivity contribution in [2.45, 2.75) is 46.1 Å². The fourth-order valence-electron chi connectivity index (χ4n) is 3.09. The number of H-pyrrole nitrogens is 1. The van der Waals surface area contributed by atoms with Gasteiger partial charge in [-0.15, -0.1) is 0 Å². The van der Waals surface area contributed by atoms with Gasteiger partial charge < -0.3 is 15.6 Å². The second kappa shape index (κ2) is 9.30. The van der Waals surface area contributed by atoms with Gasteiger partial charge in [0.15, 0.2) is 11.6 Å². The van der Waals surface area contributed by atoms with Crippen LogP contribution in [0.4, 0.5) is 0 Å². The Kier molecular flexibility index (Phi) is 7.10. The number of aromatic nitrogens is 1. The van der Waals surface area contributed by atoms with Gasteiger partial charge in [-0.25, -0.2) is 0 Å². The molecule has 1 saturated heterocycles. The van der Waals surface area contributed by atoms with Gasteiger partial charge in [-0.05, 0) is 44.9 Å². The van der Waals surface area contributed by atoms with Crippen LogP contribution in [0.5, 0.6) is 0 Å². The van der Waals surface area contributed by atoms with Crippen LogP contribution >= 0.6 is 0 Å². The van der Waals surface area contributed by atoms with Crippen LogP contribution in [0.2, 0.25) is 0 Å². The predicted molar refractivity (Wildman–Crippen MR) is 101 cm³/mol. The molecule has 2 heterocycles. The van der Waals surface area contributed by atoms with E-state index >= 15 is 0 Å². The SMILES string of the molecule is CC(=O)/C=C/[C@H](C[C@@H]1CCNC1=O)NC(=O)C(C)CC(=O)c1ccc(C)[nH]1. The van der Waals surface area contributed by atoms with E-state index in [-0.39, 0.29) is 35.7 Å². The molecule has 0 aliphatic carbocycles. The second-order valence-corrected chi connectivity index (χ2v) is 7.18. The first-order valence-corrected chi connectivity index (χ1v) is 9.22. The molecule has 0 bridgehead atoms. The van der Waals surface area contributed by atoms with E-state index in [2.05, 4.69) is 15.6 Å². The van der Waals surface area contributed by atoms with Gasteiger partial charge in [-0.1, -0.05) is 13.0 Å². The summed E-state index contributed by atoms with van der Waals surface area (Å²) in [5.41, 5.74) is 1.38. The molecule has 2 amide bonds. The molecule has 3 atom stereocenters. The molecule has 146 valence electrons. The van der Waals surface area contributed by atoms with Crippen molar-refractivity contribution < 1.29 is 19.2 Å². The third-order valence-corrected chi connectivity index (χ3v) is 4.66. The molecule has 1 unspecified atom stereocenters. The van der Waals surface area contributed by atoms with E-state index in [1.165, 1.54) is 13.0 Å². The number of Topliss-reactive ketones (excluding diaryl/α,β-unsaturated/α-hetero) is 1. The topological polar surface area (TPSA) is 108 Å². The highest BCUT2D eigenvalue weighted by atomic mass is 16.2. The number of allylic oxidation sites excluding steroid dienone is 1. The number of rotatable bonds is 9. The normalized spacial score (nSPS) is 18.9. The second-order valence-electron chi connectivity index (χ2n) is 7.18. The number of carbonyl (C=O) groups is 4. The van der Waals surface area contributed by atoms with Crippen LogP contribution in [0.15, 0.2) is 24.3 Å². The highest BCUT2D eigenvalue weighted by molar-refractivity contribution is 5.97. The van der Waals surface area contributed by atoms with Gasteiger partial charge in [-0.3, -0.25) is 19.2 Å². The van der Waals surface area contributed by atoms with Crippen LogP contribution in [0.25, 0.3) is 0 Å².